The van der Waals surface area contributed by atoms with Crippen LogP contribution < -0.4 is 0 Å². The SMILES string of the molecule is CN(CCO)C(=O)CSc1ccc(C#N)cc1. The number of carbonyl (C=O) groups excluding carboxylic acids is 1. The van der Waals surface area contributed by atoms with E-state index in [0.29, 0.717) is 17.9 Å². The highest BCUT2D eigenvalue weighted by atomic mass is 32.2. The first-order chi connectivity index (χ1) is 8.17. The predicted octanol–water partition coefficient (Wildman–Crippen LogP) is 1.10. The number of aliphatic hydroxyl groups excluding tert-OH is 1. The molecule has 1 amide bonds. The minimum atomic E-state index is -0.0240. The lowest BCUT2D eigenvalue weighted by atomic mass is 10.2. The van der Waals surface area contributed by atoms with E-state index in [1.54, 1.807) is 19.2 Å². The Labute approximate surface area is 105 Å². The first kappa shape index (κ1) is 13.6. The first-order valence-corrected chi connectivity index (χ1v) is 6.13. The molecule has 0 spiro atoms. The fourth-order valence-corrected chi connectivity index (χ4v) is 1.99. The van der Waals surface area contributed by atoms with Crippen molar-refractivity contribution in [1.29, 1.82) is 5.26 Å². The molecule has 17 heavy (non-hydrogen) atoms. The number of hydrogen-bond acceptors (Lipinski definition) is 4. The zero-order valence-electron chi connectivity index (χ0n) is 9.59. The molecule has 0 aromatic heterocycles. The molecule has 0 bridgehead atoms. The molecule has 0 unspecified atom stereocenters. The number of benzene rings is 1. The lowest BCUT2D eigenvalue weighted by Crippen LogP contribution is -2.30. The van der Waals surface area contributed by atoms with E-state index in [0.717, 1.165) is 4.90 Å². The van der Waals surface area contributed by atoms with Crippen molar-refractivity contribution in [1.82, 2.24) is 4.90 Å². The summed E-state index contributed by atoms with van der Waals surface area (Å²) in [4.78, 5) is 14.0. The van der Waals surface area contributed by atoms with Crippen LogP contribution in [0.2, 0.25) is 0 Å². The van der Waals surface area contributed by atoms with Crippen LogP contribution in [0.25, 0.3) is 0 Å². The predicted molar refractivity (Wildman–Crippen MR) is 66.6 cm³/mol. The van der Waals surface area contributed by atoms with Crippen LogP contribution in [-0.4, -0.2) is 41.9 Å². The molecule has 0 saturated heterocycles. The number of rotatable bonds is 5. The third kappa shape index (κ3) is 4.47. The Bertz CT molecular complexity index is 412. The van der Waals surface area contributed by atoms with Gasteiger partial charge in [-0.15, -0.1) is 11.8 Å². The lowest BCUT2D eigenvalue weighted by molar-refractivity contribution is -0.127. The summed E-state index contributed by atoms with van der Waals surface area (Å²) >= 11 is 1.42. The second-order valence-electron chi connectivity index (χ2n) is 3.46. The number of hydrogen-bond donors (Lipinski definition) is 1. The zero-order chi connectivity index (χ0) is 12.7. The van der Waals surface area contributed by atoms with E-state index in [-0.39, 0.29) is 12.5 Å². The summed E-state index contributed by atoms with van der Waals surface area (Å²) < 4.78 is 0. The van der Waals surface area contributed by atoms with Gasteiger partial charge in [0.05, 0.1) is 24.0 Å². The summed E-state index contributed by atoms with van der Waals surface area (Å²) in [7, 11) is 1.66. The van der Waals surface area contributed by atoms with Gasteiger partial charge in [0, 0.05) is 18.5 Å². The van der Waals surface area contributed by atoms with Gasteiger partial charge in [0.25, 0.3) is 0 Å². The zero-order valence-corrected chi connectivity index (χ0v) is 10.4. The lowest BCUT2D eigenvalue weighted by Gasteiger charge is -2.15. The molecule has 1 aromatic rings. The maximum Gasteiger partial charge on any atom is 0.232 e. The molecule has 0 atom stereocenters. The topological polar surface area (TPSA) is 64.3 Å². The van der Waals surface area contributed by atoms with Gasteiger partial charge in [0.15, 0.2) is 0 Å². The van der Waals surface area contributed by atoms with Crippen LogP contribution in [0.5, 0.6) is 0 Å². The number of nitrogens with zero attached hydrogens (tertiary/aromatic N) is 2. The number of carbonyl (C=O) groups is 1. The molecule has 0 saturated carbocycles. The molecular weight excluding hydrogens is 236 g/mol. The van der Waals surface area contributed by atoms with Gasteiger partial charge in [-0.05, 0) is 24.3 Å². The van der Waals surface area contributed by atoms with Gasteiger partial charge in [-0.3, -0.25) is 4.79 Å². The van der Waals surface area contributed by atoms with E-state index >= 15 is 0 Å². The highest BCUT2D eigenvalue weighted by molar-refractivity contribution is 8.00. The molecule has 0 radical (unpaired) electrons. The average Bonchev–Trinajstić information content (AvgIpc) is 2.36. The van der Waals surface area contributed by atoms with Gasteiger partial charge >= 0.3 is 0 Å². The quantitative estimate of drug-likeness (QED) is 0.795. The fraction of sp³-hybridized carbons (Fsp3) is 0.333. The molecule has 0 fully saturated rings. The molecular formula is C12H14N2O2S. The van der Waals surface area contributed by atoms with Crippen molar-refractivity contribution in [2.75, 3.05) is 26.0 Å². The fourth-order valence-electron chi connectivity index (χ4n) is 1.16. The number of amides is 1. The van der Waals surface area contributed by atoms with E-state index in [2.05, 4.69) is 0 Å². The van der Waals surface area contributed by atoms with Gasteiger partial charge in [-0.25, -0.2) is 0 Å². The highest BCUT2D eigenvalue weighted by Gasteiger charge is 2.08. The Morgan fingerprint density at radius 2 is 2.12 bits per heavy atom. The van der Waals surface area contributed by atoms with Crippen LogP contribution >= 0.6 is 11.8 Å². The Morgan fingerprint density at radius 3 is 2.65 bits per heavy atom. The van der Waals surface area contributed by atoms with E-state index in [9.17, 15) is 4.79 Å². The van der Waals surface area contributed by atoms with Crippen molar-refractivity contribution in [3.63, 3.8) is 0 Å². The second kappa shape index (κ2) is 6.94. The van der Waals surface area contributed by atoms with Crippen LogP contribution in [-0.2, 0) is 4.79 Å². The molecule has 0 heterocycles. The number of likely N-dealkylation sites (N-methyl/N-ethyl adjacent to an activating group) is 1. The van der Waals surface area contributed by atoms with Crippen LogP contribution in [0.4, 0.5) is 0 Å². The summed E-state index contributed by atoms with van der Waals surface area (Å²) in [6, 6.07) is 9.14. The average molecular weight is 250 g/mol. The number of thioether (sulfide) groups is 1. The van der Waals surface area contributed by atoms with Crippen molar-refractivity contribution in [3.8, 4) is 6.07 Å². The number of aliphatic hydroxyl groups is 1. The van der Waals surface area contributed by atoms with Gasteiger partial charge in [-0.1, -0.05) is 0 Å². The minimum absolute atomic E-state index is 0.0200. The van der Waals surface area contributed by atoms with Crippen LogP contribution in [0, 0.1) is 11.3 Å². The molecule has 1 N–H and O–H groups in total. The molecule has 0 aliphatic carbocycles. The largest absolute Gasteiger partial charge is 0.395 e. The van der Waals surface area contributed by atoms with E-state index in [1.165, 1.54) is 16.7 Å². The first-order valence-electron chi connectivity index (χ1n) is 5.15. The molecule has 0 aliphatic heterocycles. The van der Waals surface area contributed by atoms with Crippen molar-refractivity contribution in [2.45, 2.75) is 4.90 Å². The molecule has 0 aliphatic rings. The monoisotopic (exact) mass is 250 g/mol. The van der Waals surface area contributed by atoms with Gasteiger partial charge < -0.3 is 10.0 Å². The number of nitriles is 1. The second-order valence-corrected chi connectivity index (χ2v) is 4.51. The van der Waals surface area contributed by atoms with Crippen molar-refractivity contribution in [2.24, 2.45) is 0 Å². The molecule has 1 rings (SSSR count). The van der Waals surface area contributed by atoms with Gasteiger partial charge in [0.2, 0.25) is 5.91 Å². The summed E-state index contributed by atoms with van der Waals surface area (Å²) in [6.07, 6.45) is 0. The maximum atomic E-state index is 11.6. The van der Waals surface area contributed by atoms with Crippen molar-refractivity contribution in [3.05, 3.63) is 29.8 Å². The van der Waals surface area contributed by atoms with Crippen molar-refractivity contribution >= 4 is 17.7 Å². The van der Waals surface area contributed by atoms with E-state index < -0.39 is 0 Å². The van der Waals surface area contributed by atoms with Crippen molar-refractivity contribution < 1.29 is 9.90 Å². The van der Waals surface area contributed by atoms with Crippen LogP contribution in [0.15, 0.2) is 29.2 Å². The molecule has 90 valence electrons. The van der Waals surface area contributed by atoms with E-state index in [4.69, 9.17) is 10.4 Å². The Morgan fingerprint density at radius 1 is 1.47 bits per heavy atom. The Balaban J connectivity index is 2.45. The van der Waals surface area contributed by atoms with E-state index in [1.807, 2.05) is 18.2 Å². The normalized spacial score (nSPS) is 9.71. The Kier molecular flexibility index (Phi) is 5.53. The smallest absolute Gasteiger partial charge is 0.232 e. The van der Waals surface area contributed by atoms with Gasteiger partial charge in [0.1, 0.15) is 0 Å². The van der Waals surface area contributed by atoms with Crippen LogP contribution in [0.1, 0.15) is 5.56 Å². The highest BCUT2D eigenvalue weighted by Crippen LogP contribution is 2.18. The summed E-state index contributed by atoms with van der Waals surface area (Å²) in [5, 5.41) is 17.3. The maximum absolute atomic E-state index is 11.6. The summed E-state index contributed by atoms with van der Waals surface area (Å²) in [5.74, 6) is 0.316. The minimum Gasteiger partial charge on any atom is -0.395 e. The van der Waals surface area contributed by atoms with Gasteiger partial charge in [-0.2, -0.15) is 5.26 Å². The summed E-state index contributed by atoms with van der Waals surface area (Å²) in [6.45, 7) is 0.330. The Hall–Kier alpha value is -1.51. The van der Waals surface area contributed by atoms with Crippen LogP contribution in [0.3, 0.4) is 0 Å². The third-order valence-electron chi connectivity index (χ3n) is 2.21. The molecule has 5 heteroatoms. The summed E-state index contributed by atoms with van der Waals surface area (Å²) in [5.41, 5.74) is 0.609. The standard InChI is InChI=1S/C12H14N2O2S/c1-14(6-7-15)12(16)9-17-11-4-2-10(8-13)3-5-11/h2-5,15H,6-7,9H2,1H3. The molecule has 1 aromatic carbocycles. The molecule has 4 nitrogen and oxygen atoms in total. The third-order valence-corrected chi connectivity index (χ3v) is 3.20.